The molecule has 2 amide bonds. The smallest absolute Gasteiger partial charge is 0.420 e. The van der Waals surface area contributed by atoms with Crippen LogP contribution in [0.25, 0.3) is 0 Å². The number of aromatic nitrogens is 4. The average molecular weight is 506 g/mol. The average Bonchev–Trinajstić information content (AvgIpc) is 3.15. The first-order valence-electron chi connectivity index (χ1n) is 11.2. The van der Waals surface area contributed by atoms with E-state index >= 15 is 0 Å². The van der Waals surface area contributed by atoms with Crippen molar-refractivity contribution in [2.75, 3.05) is 10.6 Å². The van der Waals surface area contributed by atoms with Crippen LogP contribution in [0, 0.1) is 6.92 Å². The lowest BCUT2D eigenvalue weighted by molar-refractivity contribution is -0.138. The van der Waals surface area contributed by atoms with Gasteiger partial charge in [0.1, 0.15) is 17.1 Å². The number of H-pyrrole nitrogens is 1. The highest BCUT2D eigenvalue weighted by atomic mass is 19.4. The van der Waals surface area contributed by atoms with Gasteiger partial charge in [0.25, 0.3) is 0 Å². The largest absolute Gasteiger partial charge is 0.424 e. The molecule has 0 bridgehead atoms. The van der Waals surface area contributed by atoms with Crippen LogP contribution in [0.2, 0.25) is 0 Å². The van der Waals surface area contributed by atoms with Crippen molar-refractivity contribution in [3.8, 4) is 11.8 Å². The number of benzene rings is 1. The Balaban J connectivity index is 1.85. The quantitative estimate of drug-likeness (QED) is 0.324. The molecule has 2 heterocycles. The van der Waals surface area contributed by atoms with Gasteiger partial charge in [-0.15, -0.1) is 0 Å². The molecule has 0 aliphatic rings. The van der Waals surface area contributed by atoms with E-state index in [2.05, 4.69) is 36.1 Å². The molecule has 0 radical (unpaired) electrons. The molecule has 1 aromatic carbocycles. The third-order valence-electron chi connectivity index (χ3n) is 4.71. The highest BCUT2D eigenvalue weighted by Gasteiger charge is 2.35. The molecule has 0 atom stereocenters. The zero-order valence-corrected chi connectivity index (χ0v) is 21.2. The second kappa shape index (κ2) is 9.67. The maximum absolute atomic E-state index is 13.8. The zero-order valence-electron chi connectivity index (χ0n) is 21.2. The number of alkyl halides is 3. The van der Waals surface area contributed by atoms with Crippen molar-refractivity contribution < 1.29 is 22.7 Å². The molecule has 194 valence electrons. The monoisotopic (exact) mass is 505 g/mol. The van der Waals surface area contributed by atoms with Crippen molar-refractivity contribution in [1.29, 1.82) is 0 Å². The van der Waals surface area contributed by atoms with Crippen LogP contribution in [-0.2, 0) is 11.6 Å². The van der Waals surface area contributed by atoms with E-state index in [0.717, 1.165) is 17.8 Å². The van der Waals surface area contributed by atoms with Crippen LogP contribution in [-0.4, -0.2) is 31.7 Å². The summed E-state index contributed by atoms with van der Waals surface area (Å²) in [5, 5.41) is 15.2. The number of halogens is 3. The highest BCUT2D eigenvalue weighted by Crippen LogP contribution is 2.39. The van der Waals surface area contributed by atoms with Gasteiger partial charge in [0.05, 0.1) is 0 Å². The summed E-state index contributed by atoms with van der Waals surface area (Å²) in [5.41, 5.74) is -0.467. The minimum absolute atomic E-state index is 0.0443. The number of carbonyl (C=O) groups is 1. The fraction of sp³-hybridized carbons (Fsp3) is 0.417. The van der Waals surface area contributed by atoms with Gasteiger partial charge in [-0.1, -0.05) is 20.8 Å². The molecular formula is C24H30F3N7O2. The van der Waals surface area contributed by atoms with E-state index in [1.807, 2.05) is 26.8 Å². The van der Waals surface area contributed by atoms with Crippen LogP contribution < -0.4 is 20.7 Å². The van der Waals surface area contributed by atoms with Crippen molar-refractivity contribution in [2.24, 2.45) is 0 Å². The molecule has 2 aromatic heterocycles. The van der Waals surface area contributed by atoms with Gasteiger partial charge in [-0.25, -0.2) is 9.78 Å². The number of hydrogen-bond donors (Lipinski definition) is 4. The maximum atomic E-state index is 13.8. The van der Waals surface area contributed by atoms with E-state index < -0.39 is 29.1 Å². The van der Waals surface area contributed by atoms with E-state index in [1.54, 1.807) is 33.8 Å². The Labute approximate surface area is 207 Å². The number of hydrogen-bond acceptors (Lipinski definition) is 6. The summed E-state index contributed by atoms with van der Waals surface area (Å²) < 4.78 is 46.9. The molecule has 3 aromatic rings. The number of urea groups is 1. The first kappa shape index (κ1) is 26.8. The third kappa shape index (κ3) is 7.33. The molecule has 9 nitrogen and oxygen atoms in total. The number of aromatic amines is 1. The van der Waals surface area contributed by atoms with Gasteiger partial charge >= 0.3 is 18.2 Å². The van der Waals surface area contributed by atoms with Gasteiger partial charge in [0.15, 0.2) is 5.82 Å². The van der Waals surface area contributed by atoms with Crippen molar-refractivity contribution in [1.82, 2.24) is 25.5 Å². The van der Waals surface area contributed by atoms with Gasteiger partial charge in [-0.05, 0) is 45.9 Å². The van der Waals surface area contributed by atoms with Gasteiger partial charge in [-0.3, -0.25) is 5.10 Å². The summed E-state index contributed by atoms with van der Waals surface area (Å²) in [6.07, 6.45) is -4.75. The summed E-state index contributed by atoms with van der Waals surface area (Å²) in [6, 6.07) is 5.74. The minimum Gasteiger partial charge on any atom is -0.424 e. The Hall–Kier alpha value is -3.83. The normalized spacial score (nSPS) is 12.3. The lowest BCUT2D eigenvalue weighted by Crippen LogP contribution is -2.43. The fourth-order valence-electron chi connectivity index (χ4n) is 3.07. The van der Waals surface area contributed by atoms with Crippen molar-refractivity contribution in [2.45, 2.75) is 65.6 Å². The lowest BCUT2D eigenvalue weighted by atomic mass is 9.92. The van der Waals surface area contributed by atoms with Crippen LogP contribution in [0.5, 0.6) is 11.8 Å². The van der Waals surface area contributed by atoms with E-state index in [4.69, 9.17) is 4.74 Å². The van der Waals surface area contributed by atoms with Crippen molar-refractivity contribution >= 4 is 23.4 Å². The topological polar surface area (TPSA) is 117 Å². The molecule has 0 unspecified atom stereocenters. The second-order valence-electron chi connectivity index (χ2n) is 10.4. The highest BCUT2D eigenvalue weighted by molar-refractivity contribution is 5.90. The molecule has 0 fully saturated rings. The standard InChI is InChI=1S/C24H30F3N7O2/c1-13-10-18(30-19-12-17(33-34-19)22(2,3)4)31-21(28-13)36-16-9-8-14(11-15(16)24(25,26)27)29-20(35)32-23(5,6)7/h8-12H,1-7H3,(H2,29,32,35)(H2,28,30,31,33,34). The molecule has 0 saturated heterocycles. The number of nitrogens with zero attached hydrogens (tertiary/aromatic N) is 3. The molecule has 0 spiro atoms. The maximum Gasteiger partial charge on any atom is 0.420 e. The van der Waals surface area contributed by atoms with Gasteiger partial charge in [0.2, 0.25) is 0 Å². The Morgan fingerprint density at radius 1 is 0.972 bits per heavy atom. The number of nitrogens with one attached hydrogen (secondary N) is 4. The number of anilines is 3. The predicted octanol–water partition coefficient (Wildman–Crippen LogP) is 6.28. The van der Waals surface area contributed by atoms with Crippen LogP contribution in [0.1, 0.15) is 58.5 Å². The molecule has 4 N–H and O–H groups in total. The Morgan fingerprint density at radius 3 is 2.25 bits per heavy atom. The van der Waals surface area contributed by atoms with Crippen LogP contribution in [0.15, 0.2) is 30.3 Å². The first-order valence-corrected chi connectivity index (χ1v) is 11.2. The Morgan fingerprint density at radius 2 is 1.67 bits per heavy atom. The third-order valence-corrected chi connectivity index (χ3v) is 4.71. The van der Waals surface area contributed by atoms with E-state index in [9.17, 15) is 18.0 Å². The molecule has 12 heteroatoms. The number of aryl methyl sites for hydroxylation is 1. The van der Waals surface area contributed by atoms with Crippen molar-refractivity contribution in [3.63, 3.8) is 0 Å². The van der Waals surface area contributed by atoms with E-state index in [1.165, 1.54) is 6.07 Å². The predicted molar refractivity (Wildman–Crippen MR) is 131 cm³/mol. The molecule has 36 heavy (non-hydrogen) atoms. The fourth-order valence-corrected chi connectivity index (χ4v) is 3.07. The van der Waals surface area contributed by atoms with E-state index in [-0.39, 0.29) is 17.1 Å². The molecule has 0 aliphatic carbocycles. The summed E-state index contributed by atoms with van der Waals surface area (Å²) >= 11 is 0. The number of amides is 2. The van der Waals surface area contributed by atoms with Gasteiger partial charge in [0, 0.05) is 40.2 Å². The van der Waals surface area contributed by atoms with Crippen molar-refractivity contribution in [3.05, 3.63) is 47.3 Å². The Kier molecular flexibility index (Phi) is 7.19. The second-order valence-corrected chi connectivity index (χ2v) is 10.4. The summed E-state index contributed by atoms with van der Waals surface area (Å²) in [5.74, 6) is 0.287. The summed E-state index contributed by atoms with van der Waals surface area (Å²) in [4.78, 5) is 20.4. The molecule has 3 rings (SSSR count). The zero-order chi connectivity index (χ0) is 26.9. The summed E-state index contributed by atoms with van der Waals surface area (Å²) in [7, 11) is 0. The summed E-state index contributed by atoms with van der Waals surface area (Å²) in [6.45, 7) is 13.0. The number of carbonyl (C=O) groups excluding carboxylic acids is 1. The van der Waals surface area contributed by atoms with Crippen LogP contribution in [0.3, 0.4) is 0 Å². The van der Waals surface area contributed by atoms with Gasteiger partial charge < -0.3 is 20.7 Å². The lowest BCUT2D eigenvalue weighted by Gasteiger charge is -2.21. The van der Waals surface area contributed by atoms with Crippen LogP contribution >= 0.6 is 0 Å². The minimum atomic E-state index is -4.75. The van der Waals surface area contributed by atoms with Crippen LogP contribution in [0.4, 0.5) is 35.3 Å². The van der Waals surface area contributed by atoms with Gasteiger partial charge in [-0.2, -0.15) is 23.3 Å². The Bertz CT molecular complexity index is 1240. The molecular weight excluding hydrogens is 475 g/mol. The first-order chi connectivity index (χ1) is 16.5. The number of rotatable bonds is 5. The SMILES string of the molecule is Cc1cc(Nc2cc(C(C)(C)C)[nH]n2)nc(Oc2ccc(NC(=O)NC(C)(C)C)cc2C(F)(F)F)n1. The van der Waals surface area contributed by atoms with E-state index in [0.29, 0.717) is 17.3 Å². The number of ether oxygens (including phenoxy) is 1. The molecule has 0 saturated carbocycles. The molecule has 0 aliphatic heterocycles.